The van der Waals surface area contributed by atoms with E-state index < -0.39 is 17.4 Å². The third kappa shape index (κ3) is 2.43. The van der Waals surface area contributed by atoms with Gasteiger partial charge in [0.05, 0.1) is 17.5 Å². The van der Waals surface area contributed by atoms with Gasteiger partial charge in [-0.25, -0.2) is 13.8 Å². The Kier molecular flexibility index (Phi) is 3.58. The molecule has 1 aromatic heterocycles. The lowest BCUT2D eigenvalue weighted by molar-refractivity contribution is 0.303. The summed E-state index contributed by atoms with van der Waals surface area (Å²) in [6.45, 7) is 1.79. The molecule has 4 nitrogen and oxygen atoms in total. The van der Waals surface area contributed by atoms with Crippen LogP contribution in [0.5, 0.6) is 5.75 Å². The number of ether oxygens (including phenoxy) is 1. The average Bonchev–Trinajstić information content (AvgIpc) is 2.50. The van der Waals surface area contributed by atoms with E-state index in [1.165, 1.54) is 0 Å². The SMILES string of the molecule is CCOc1c(F)cc(-c2nc3ccccc3c(=O)[nH]2)cc1F. The van der Waals surface area contributed by atoms with Gasteiger partial charge in [0, 0.05) is 5.56 Å². The molecule has 3 aromatic rings. The van der Waals surface area contributed by atoms with Crippen LogP contribution in [0.4, 0.5) is 8.78 Å². The Hall–Kier alpha value is -2.76. The monoisotopic (exact) mass is 302 g/mol. The predicted octanol–water partition coefficient (Wildman–Crippen LogP) is 3.27. The standard InChI is InChI=1S/C16H12F2N2O2/c1-2-22-14-11(17)7-9(8-12(14)18)15-19-13-6-4-3-5-10(13)16(21)20-15/h3-8H,2H2,1H3,(H,19,20,21). The van der Waals surface area contributed by atoms with Crippen molar-refractivity contribution in [2.45, 2.75) is 6.92 Å². The fourth-order valence-electron chi connectivity index (χ4n) is 2.20. The summed E-state index contributed by atoms with van der Waals surface area (Å²) in [6.07, 6.45) is 0. The number of nitrogens with zero attached hydrogens (tertiary/aromatic N) is 1. The van der Waals surface area contributed by atoms with Gasteiger partial charge >= 0.3 is 0 Å². The number of aromatic nitrogens is 2. The molecule has 0 aliphatic carbocycles. The minimum Gasteiger partial charge on any atom is -0.488 e. The summed E-state index contributed by atoms with van der Waals surface area (Å²) in [5, 5.41) is 0.415. The van der Waals surface area contributed by atoms with Crippen LogP contribution < -0.4 is 10.3 Å². The second-order valence-corrected chi connectivity index (χ2v) is 4.63. The number of halogens is 2. The highest BCUT2D eigenvalue weighted by Crippen LogP contribution is 2.27. The van der Waals surface area contributed by atoms with E-state index in [4.69, 9.17) is 4.74 Å². The number of nitrogens with one attached hydrogen (secondary N) is 1. The van der Waals surface area contributed by atoms with E-state index in [9.17, 15) is 13.6 Å². The van der Waals surface area contributed by atoms with Gasteiger partial charge in [0.1, 0.15) is 5.82 Å². The topological polar surface area (TPSA) is 55.0 Å². The van der Waals surface area contributed by atoms with Crippen molar-refractivity contribution in [1.82, 2.24) is 9.97 Å². The number of hydrogen-bond donors (Lipinski definition) is 1. The molecule has 22 heavy (non-hydrogen) atoms. The average molecular weight is 302 g/mol. The molecule has 1 N–H and O–H groups in total. The molecule has 2 aromatic carbocycles. The van der Waals surface area contributed by atoms with E-state index in [1.807, 2.05) is 0 Å². The summed E-state index contributed by atoms with van der Waals surface area (Å²) < 4.78 is 32.7. The Balaban J connectivity index is 2.17. The van der Waals surface area contributed by atoms with Gasteiger partial charge in [-0.2, -0.15) is 0 Å². The first-order chi connectivity index (χ1) is 10.6. The van der Waals surface area contributed by atoms with Crippen LogP contribution in [0.3, 0.4) is 0 Å². The number of fused-ring (bicyclic) bond motifs is 1. The molecule has 0 aliphatic heterocycles. The van der Waals surface area contributed by atoms with Gasteiger partial charge in [0.25, 0.3) is 5.56 Å². The van der Waals surface area contributed by atoms with Gasteiger partial charge in [0.15, 0.2) is 17.4 Å². The van der Waals surface area contributed by atoms with Gasteiger partial charge in [0.2, 0.25) is 0 Å². The zero-order valence-corrected chi connectivity index (χ0v) is 11.7. The van der Waals surface area contributed by atoms with E-state index in [0.717, 1.165) is 12.1 Å². The Morgan fingerprint density at radius 1 is 1.18 bits per heavy atom. The van der Waals surface area contributed by atoms with E-state index in [0.29, 0.717) is 10.9 Å². The van der Waals surface area contributed by atoms with Crippen LogP contribution >= 0.6 is 0 Å². The van der Waals surface area contributed by atoms with E-state index in [1.54, 1.807) is 31.2 Å². The van der Waals surface area contributed by atoms with Gasteiger partial charge in [-0.15, -0.1) is 0 Å². The van der Waals surface area contributed by atoms with Crippen LogP contribution in [0.2, 0.25) is 0 Å². The smallest absolute Gasteiger partial charge is 0.259 e. The highest BCUT2D eigenvalue weighted by molar-refractivity contribution is 5.79. The second-order valence-electron chi connectivity index (χ2n) is 4.63. The molecule has 0 unspecified atom stereocenters. The summed E-state index contributed by atoms with van der Waals surface area (Å²) in [7, 11) is 0. The molecule has 0 saturated heterocycles. The van der Waals surface area contributed by atoms with Crippen LogP contribution in [0.15, 0.2) is 41.2 Å². The molecule has 112 valence electrons. The first kappa shape index (κ1) is 14.2. The maximum atomic E-state index is 13.9. The zero-order valence-electron chi connectivity index (χ0n) is 11.7. The summed E-state index contributed by atoms with van der Waals surface area (Å²) in [6, 6.07) is 8.91. The van der Waals surface area contributed by atoms with Crippen molar-refractivity contribution in [3.63, 3.8) is 0 Å². The van der Waals surface area contributed by atoms with Crippen molar-refractivity contribution in [2.75, 3.05) is 6.61 Å². The lowest BCUT2D eigenvalue weighted by atomic mass is 10.1. The number of H-pyrrole nitrogens is 1. The zero-order chi connectivity index (χ0) is 15.7. The van der Waals surface area contributed by atoms with Crippen molar-refractivity contribution < 1.29 is 13.5 Å². The molecular formula is C16H12F2N2O2. The molecule has 0 aliphatic rings. The Morgan fingerprint density at radius 2 is 1.86 bits per heavy atom. The van der Waals surface area contributed by atoms with Crippen LogP contribution in [0.25, 0.3) is 22.3 Å². The molecular weight excluding hydrogens is 290 g/mol. The highest BCUT2D eigenvalue weighted by atomic mass is 19.1. The number of rotatable bonds is 3. The predicted molar refractivity (Wildman–Crippen MR) is 78.9 cm³/mol. The van der Waals surface area contributed by atoms with Crippen molar-refractivity contribution in [1.29, 1.82) is 0 Å². The Morgan fingerprint density at radius 3 is 2.55 bits per heavy atom. The van der Waals surface area contributed by atoms with Crippen molar-refractivity contribution in [3.05, 3.63) is 58.4 Å². The molecule has 0 amide bonds. The molecule has 0 radical (unpaired) electrons. The molecule has 1 heterocycles. The number of aromatic amines is 1. The van der Waals surface area contributed by atoms with Crippen molar-refractivity contribution >= 4 is 10.9 Å². The summed E-state index contributed by atoms with van der Waals surface area (Å²) in [4.78, 5) is 18.8. The van der Waals surface area contributed by atoms with E-state index in [-0.39, 0.29) is 23.6 Å². The highest BCUT2D eigenvalue weighted by Gasteiger charge is 2.15. The summed E-state index contributed by atoms with van der Waals surface area (Å²) in [5.41, 5.74) is 0.229. The maximum Gasteiger partial charge on any atom is 0.259 e. The second kappa shape index (κ2) is 5.55. The maximum absolute atomic E-state index is 13.9. The van der Waals surface area contributed by atoms with Gasteiger partial charge in [-0.1, -0.05) is 12.1 Å². The molecule has 0 bridgehead atoms. The largest absolute Gasteiger partial charge is 0.488 e. The van der Waals surface area contributed by atoms with Crippen LogP contribution in [-0.2, 0) is 0 Å². The number of para-hydroxylation sites is 1. The fraction of sp³-hybridized carbons (Fsp3) is 0.125. The van der Waals surface area contributed by atoms with Gasteiger partial charge < -0.3 is 9.72 Å². The van der Waals surface area contributed by atoms with Crippen molar-refractivity contribution in [3.8, 4) is 17.1 Å². The molecule has 6 heteroatoms. The Bertz CT molecular complexity index is 883. The van der Waals surface area contributed by atoms with Crippen molar-refractivity contribution in [2.24, 2.45) is 0 Å². The van der Waals surface area contributed by atoms with E-state index >= 15 is 0 Å². The lowest BCUT2D eigenvalue weighted by Crippen LogP contribution is -2.09. The molecule has 0 spiro atoms. The normalized spacial score (nSPS) is 10.9. The summed E-state index contributed by atoms with van der Waals surface area (Å²) >= 11 is 0. The fourth-order valence-corrected chi connectivity index (χ4v) is 2.20. The lowest BCUT2D eigenvalue weighted by Gasteiger charge is -2.08. The third-order valence-corrected chi connectivity index (χ3v) is 3.17. The minimum absolute atomic E-state index is 0.101. The quantitative estimate of drug-likeness (QED) is 0.808. The summed E-state index contributed by atoms with van der Waals surface area (Å²) in [5.74, 6) is -2.01. The first-order valence-electron chi connectivity index (χ1n) is 6.71. The van der Waals surface area contributed by atoms with Crippen LogP contribution in [-0.4, -0.2) is 16.6 Å². The van der Waals surface area contributed by atoms with Crippen LogP contribution in [0, 0.1) is 11.6 Å². The molecule has 3 rings (SSSR count). The molecule has 0 atom stereocenters. The minimum atomic E-state index is -0.840. The third-order valence-electron chi connectivity index (χ3n) is 3.17. The van der Waals surface area contributed by atoms with Crippen LogP contribution in [0.1, 0.15) is 6.92 Å². The first-order valence-corrected chi connectivity index (χ1v) is 6.71. The Labute approximate surface area is 124 Å². The molecule has 0 saturated carbocycles. The number of hydrogen-bond acceptors (Lipinski definition) is 3. The number of benzene rings is 2. The van der Waals surface area contributed by atoms with Gasteiger partial charge in [-0.3, -0.25) is 4.79 Å². The molecule has 0 fully saturated rings. The van der Waals surface area contributed by atoms with E-state index in [2.05, 4.69) is 9.97 Å². The van der Waals surface area contributed by atoms with Gasteiger partial charge in [-0.05, 0) is 31.2 Å².